The van der Waals surface area contributed by atoms with Crippen molar-refractivity contribution in [2.24, 2.45) is 0 Å². The summed E-state index contributed by atoms with van der Waals surface area (Å²) in [5.41, 5.74) is 6.97. The van der Waals surface area contributed by atoms with Crippen molar-refractivity contribution in [3.8, 4) is 11.4 Å². The van der Waals surface area contributed by atoms with Crippen LogP contribution >= 0.6 is 11.6 Å². The van der Waals surface area contributed by atoms with Crippen molar-refractivity contribution in [3.05, 3.63) is 23.2 Å². The number of aromatic nitrogens is 4. The van der Waals surface area contributed by atoms with Crippen LogP contribution in [0.25, 0.3) is 11.4 Å². The fraction of sp³-hybridized carbons (Fsp3) is 0.364. The van der Waals surface area contributed by atoms with Gasteiger partial charge in [0.25, 0.3) is 0 Å². The Labute approximate surface area is 105 Å². The predicted octanol–water partition coefficient (Wildman–Crippen LogP) is 2.33. The smallest absolute Gasteiger partial charge is 0.182 e. The number of hydrogen-bond acceptors (Lipinski definition) is 4. The summed E-state index contributed by atoms with van der Waals surface area (Å²) in [6, 6.07) is 5.29. The van der Waals surface area contributed by atoms with Crippen molar-refractivity contribution in [1.29, 1.82) is 0 Å². The van der Waals surface area contributed by atoms with E-state index >= 15 is 0 Å². The van der Waals surface area contributed by atoms with Gasteiger partial charge >= 0.3 is 0 Å². The van der Waals surface area contributed by atoms with Gasteiger partial charge in [-0.25, -0.2) is 4.68 Å². The Morgan fingerprint density at radius 1 is 1.24 bits per heavy atom. The van der Waals surface area contributed by atoms with Gasteiger partial charge < -0.3 is 5.73 Å². The highest BCUT2D eigenvalue weighted by Crippen LogP contribution is 2.26. The van der Waals surface area contributed by atoms with Gasteiger partial charge in [-0.15, -0.1) is 5.10 Å². The topological polar surface area (TPSA) is 69.6 Å². The number of hydrogen-bond donors (Lipinski definition) is 1. The average Bonchev–Trinajstić information content (AvgIpc) is 2.63. The molecule has 1 aromatic carbocycles. The lowest BCUT2D eigenvalue weighted by Gasteiger charge is -2.20. The Hall–Kier alpha value is -1.62. The van der Waals surface area contributed by atoms with E-state index < -0.39 is 0 Å². The van der Waals surface area contributed by atoms with Gasteiger partial charge in [-0.05, 0) is 49.4 Å². The third kappa shape index (κ3) is 2.39. The molecule has 0 aliphatic heterocycles. The Morgan fingerprint density at radius 3 is 2.53 bits per heavy atom. The second-order valence-corrected chi connectivity index (χ2v) is 5.29. The zero-order chi connectivity index (χ0) is 12.6. The fourth-order valence-electron chi connectivity index (χ4n) is 1.56. The van der Waals surface area contributed by atoms with E-state index in [1.165, 1.54) is 0 Å². The molecule has 2 N–H and O–H groups in total. The first-order valence-corrected chi connectivity index (χ1v) is 5.61. The van der Waals surface area contributed by atoms with Crippen LogP contribution in [0.15, 0.2) is 18.2 Å². The molecule has 0 saturated heterocycles. The zero-order valence-electron chi connectivity index (χ0n) is 9.98. The largest absolute Gasteiger partial charge is 0.399 e. The maximum absolute atomic E-state index is 5.98. The molecule has 90 valence electrons. The number of nitrogens with zero attached hydrogens (tertiary/aromatic N) is 4. The predicted molar refractivity (Wildman–Crippen MR) is 67.7 cm³/mol. The third-order valence-corrected chi connectivity index (χ3v) is 2.50. The molecular formula is C11H14ClN5. The standard InChI is InChI=1S/C11H14ClN5/c1-11(2,3)17-10(14-15-16-17)7-4-8(12)6-9(13)5-7/h4-6H,13H2,1-3H3. The summed E-state index contributed by atoms with van der Waals surface area (Å²) in [5, 5.41) is 12.3. The van der Waals surface area contributed by atoms with Crippen LogP contribution in [0.5, 0.6) is 0 Å². The molecule has 1 aromatic heterocycles. The van der Waals surface area contributed by atoms with Crippen molar-refractivity contribution in [1.82, 2.24) is 20.2 Å². The molecule has 0 spiro atoms. The van der Waals surface area contributed by atoms with Crippen LogP contribution in [-0.2, 0) is 5.54 Å². The molecule has 0 aliphatic carbocycles. The van der Waals surface area contributed by atoms with Gasteiger partial charge in [0.15, 0.2) is 5.82 Å². The van der Waals surface area contributed by atoms with Crippen LogP contribution in [0, 0.1) is 0 Å². The van der Waals surface area contributed by atoms with Gasteiger partial charge in [-0.3, -0.25) is 0 Å². The molecule has 0 amide bonds. The Morgan fingerprint density at radius 2 is 1.94 bits per heavy atom. The molecule has 0 aliphatic rings. The molecular weight excluding hydrogens is 238 g/mol. The Bertz CT molecular complexity index is 521. The van der Waals surface area contributed by atoms with Crippen LogP contribution in [-0.4, -0.2) is 20.2 Å². The minimum Gasteiger partial charge on any atom is -0.399 e. The van der Waals surface area contributed by atoms with Crippen LogP contribution in [0.3, 0.4) is 0 Å². The lowest BCUT2D eigenvalue weighted by molar-refractivity contribution is 0.351. The average molecular weight is 252 g/mol. The summed E-state index contributed by atoms with van der Waals surface area (Å²) in [5.74, 6) is 0.659. The van der Waals surface area contributed by atoms with E-state index in [0.29, 0.717) is 16.5 Å². The molecule has 0 radical (unpaired) electrons. The highest BCUT2D eigenvalue weighted by molar-refractivity contribution is 6.31. The summed E-state index contributed by atoms with van der Waals surface area (Å²) >= 11 is 5.98. The third-order valence-electron chi connectivity index (χ3n) is 2.28. The van der Waals surface area contributed by atoms with Crippen LogP contribution in [0.4, 0.5) is 5.69 Å². The quantitative estimate of drug-likeness (QED) is 0.790. The summed E-state index contributed by atoms with van der Waals surface area (Å²) in [7, 11) is 0. The van der Waals surface area contributed by atoms with Gasteiger partial charge in [-0.2, -0.15) is 0 Å². The molecule has 0 unspecified atom stereocenters. The molecule has 6 heteroatoms. The summed E-state index contributed by atoms with van der Waals surface area (Å²) < 4.78 is 1.75. The van der Waals surface area contributed by atoms with Crippen molar-refractivity contribution in [2.45, 2.75) is 26.3 Å². The number of nitrogen functional groups attached to an aromatic ring is 1. The molecule has 0 fully saturated rings. The van der Waals surface area contributed by atoms with Crippen molar-refractivity contribution >= 4 is 17.3 Å². The molecule has 0 atom stereocenters. The summed E-state index contributed by atoms with van der Waals surface area (Å²) in [6.07, 6.45) is 0. The molecule has 5 nitrogen and oxygen atoms in total. The lowest BCUT2D eigenvalue weighted by atomic mass is 10.1. The number of rotatable bonds is 1. The first kappa shape index (κ1) is 11.9. The fourth-order valence-corrected chi connectivity index (χ4v) is 1.80. The van der Waals surface area contributed by atoms with E-state index in [9.17, 15) is 0 Å². The van der Waals surface area contributed by atoms with Gasteiger partial charge in [0.2, 0.25) is 0 Å². The highest BCUT2D eigenvalue weighted by Gasteiger charge is 2.20. The Kier molecular flexibility index (Phi) is 2.79. The molecule has 0 saturated carbocycles. The maximum Gasteiger partial charge on any atom is 0.182 e. The highest BCUT2D eigenvalue weighted by atomic mass is 35.5. The minimum atomic E-state index is -0.198. The van der Waals surface area contributed by atoms with E-state index in [1.54, 1.807) is 22.9 Å². The number of anilines is 1. The van der Waals surface area contributed by atoms with Crippen molar-refractivity contribution < 1.29 is 0 Å². The zero-order valence-corrected chi connectivity index (χ0v) is 10.7. The van der Waals surface area contributed by atoms with Crippen LogP contribution in [0.2, 0.25) is 5.02 Å². The van der Waals surface area contributed by atoms with E-state index in [0.717, 1.165) is 5.56 Å². The van der Waals surface area contributed by atoms with E-state index in [4.69, 9.17) is 17.3 Å². The van der Waals surface area contributed by atoms with Gasteiger partial charge in [-0.1, -0.05) is 11.6 Å². The van der Waals surface area contributed by atoms with E-state index in [-0.39, 0.29) is 5.54 Å². The first-order valence-electron chi connectivity index (χ1n) is 5.23. The van der Waals surface area contributed by atoms with Gasteiger partial charge in [0, 0.05) is 16.3 Å². The second-order valence-electron chi connectivity index (χ2n) is 4.86. The maximum atomic E-state index is 5.98. The number of tetrazole rings is 1. The lowest BCUT2D eigenvalue weighted by Crippen LogP contribution is -2.24. The van der Waals surface area contributed by atoms with E-state index in [2.05, 4.69) is 15.5 Å². The number of benzene rings is 1. The molecule has 17 heavy (non-hydrogen) atoms. The summed E-state index contributed by atoms with van der Waals surface area (Å²) in [4.78, 5) is 0. The van der Waals surface area contributed by atoms with Crippen molar-refractivity contribution in [3.63, 3.8) is 0 Å². The molecule has 2 rings (SSSR count). The first-order chi connectivity index (χ1) is 7.88. The Balaban J connectivity index is 2.57. The van der Waals surface area contributed by atoms with Gasteiger partial charge in [0.05, 0.1) is 5.54 Å². The molecule has 2 aromatic rings. The second kappa shape index (κ2) is 4.00. The summed E-state index contributed by atoms with van der Waals surface area (Å²) in [6.45, 7) is 6.09. The van der Waals surface area contributed by atoms with Crippen molar-refractivity contribution in [2.75, 3.05) is 5.73 Å². The molecule has 1 heterocycles. The van der Waals surface area contributed by atoms with Crippen LogP contribution in [0.1, 0.15) is 20.8 Å². The van der Waals surface area contributed by atoms with E-state index in [1.807, 2.05) is 20.8 Å². The molecule has 0 bridgehead atoms. The monoisotopic (exact) mass is 251 g/mol. The number of nitrogens with two attached hydrogens (primary N) is 1. The number of halogens is 1. The SMILES string of the molecule is CC(C)(C)n1nnnc1-c1cc(N)cc(Cl)c1. The van der Waals surface area contributed by atoms with Gasteiger partial charge in [0.1, 0.15) is 0 Å². The normalized spacial score (nSPS) is 11.8. The van der Waals surface area contributed by atoms with Crippen LogP contribution < -0.4 is 5.73 Å². The minimum absolute atomic E-state index is 0.198.